The van der Waals surface area contributed by atoms with E-state index in [0.717, 1.165) is 25.7 Å². The highest BCUT2D eigenvalue weighted by atomic mass is 31.2. The van der Waals surface area contributed by atoms with Crippen LogP contribution in [0.25, 0.3) is 0 Å². The van der Waals surface area contributed by atoms with E-state index in [-0.39, 0.29) is 19.4 Å². The minimum Gasteiger partial charge on any atom is -0.462 e. The quantitative estimate of drug-likeness (QED) is 0.0238. The summed E-state index contributed by atoms with van der Waals surface area (Å²) in [5, 5.41) is 18.3. The van der Waals surface area contributed by atoms with Gasteiger partial charge in [-0.3, -0.25) is 18.6 Å². The van der Waals surface area contributed by atoms with Gasteiger partial charge in [-0.25, -0.2) is 4.57 Å². The van der Waals surface area contributed by atoms with Crippen LogP contribution in [0.5, 0.6) is 0 Å². The molecule has 0 aliphatic rings. The summed E-state index contributed by atoms with van der Waals surface area (Å²) in [6.07, 6.45) is 37.4. The van der Waals surface area contributed by atoms with Gasteiger partial charge in [0.2, 0.25) is 0 Å². The molecular weight excluding hydrogens is 695 g/mol. The van der Waals surface area contributed by atoms with Crippen LogP contribution >= 0.6 is 7.82 Å². The molecule has 0 aromatic carbocycles. The predicted octanol–water partition coefficient (Wildman–Crippen LogP) is 11.0. The summed E-state index contributed by atoms with van der Waals surface area (Å²) in [6.45, 7) is 2.31. The van der Waals surface area contributed by atoms with Gasteiger partial charge >= 0.3 is 19.8 Å². The first kappa shape index (κ1) is 51.5. The lowest BCUT2D eigenvalue weighted by Crippen LogP contribution is -2.29. The van der Waals surface area contributed by atoms with Crippen LogP contribution in [0.2, 0.25) is 0 Å². The minimum atomic E-state index is -4.63. The Labute approximate surface area is 323 Å². The molecule has 0 heterocycles. The Balaban J connectivity index is 4.38. The zero-order chi connectivity index (χ0) is 39.1. The fraction of sp³-hybridized carbons (Fsp3) is 0.857. The molecule has 0 aromatic heterocycles. The Morgan fingerprint density at radius 3 is 1.36 bits per heavy atom. The summed E-state index contributed by atoms with van der Waals surface area (Å²) in [6, 6.07) is 0. The number of carbonyl (C=O) groups is 2. The molecule has 53 heavy (non-hydrogen) atoms. The van der Waals surface area contributed by atoms with Crippen molar-refractivity contribution < 1.29 is 47.8 Å². The molecule has 3 unspecified atom stereocenters. The number of hydrogen-bond donors (Lipinski definition) is 3. The van der Waals surface area contributed by atoms with Gasteiger partial charge < -0.3 is 24.6 Å². The molecule has 10 nitrogen and oxygen atoms in total. The Hall–Kier alpha value is -1.55. The number of phosphoric ester groups is 1. The second kappa shape index (κ2) is 38.7. The van der Waals surface area contributed by atoms with E-state index in [1.807, 2.05) is 12.2 Å². The van der Waals surface area contributed by atoms with E-state index >= 15 is 0 Å². The summed E-state index contributed by atoms with van der Waals surface area (Å²) in [4.78, 5) is 34.9. The maximum atomic E-state index is 12.6. The van der Waals surface area contributed by atoms with Gasteiger partial charge in [0.15, 0.2) is 6.10 Å². The monoisotopic (exact) mass is 775 g/mol. The highest BCUT2D eigenvalue weighted by Gasteiger charge is 2.27. The third-order valence-corrected chi connectivity index (χ3v) is 10.1. The van der Waals surface area contributed by atoms with Gasteiger partial charge in [0.25, 0.3) is 0 Å². The number of unbranched alkanes of at least 4 members (excludes halogenated alkanes) is 22. The van der Waals surface area contributed by atoms with Crippen molar-refractivity contribution in [2.75, 3.05) is 26.4 Å². The summed E-state index contributed by atoms with van der Waals surface area (Å²) < 4.78 is 32.6. The predicted molar refractivity (Wildman–Crippen MR) is 215 cm³/mol. The topological polar surface area (TPSA) is 149 Å². The summed E-state index contributed by atoms with van der Waals surface area (Å²) >= 11 is 0. The van der Waals surface area contributed by atoms with Crippen LogP contribution in [-0.2, 0) is 32.7 Å². The van der Waals surface area contributed by atoms with E-state index in [9.17, 15) is 24.2 Å². The number of hydrogen-bond acceptors (Lipinski definition) is 9. The normalized spacial score (nSPS) is 14.1. The zero-order valence-corrected chi connectivity index (χ0v) is 34.6. The van der Waals surface area contributed by atoms with Crippen LogP contribution in [0.1, 0.15) is 194 Å². The van der Waals surface area contributed by atoms with Crippen molar-refractivity contribution >= 4 is 19.8 Å². The van der Waals surface area contributed by atoms with Gasteiger partial charge in [-0.2, -0.15) is 0 Å². The number of carbonyl (C=O) groups excluding carboxylic acids is 2. The number of esters is 2. The molecule has 0 aliphatic carbocycles. The Kier molecular flexibility index (Phi) is 37.6. The molecule has 0 bridgehead atoms. The molecule has 0 aliphatic heterocycles. The van der Waals surface area contributed by atoms with Gasteiger partial charge in [0.1, 0.15) is 12.7 Å². The number of phosphoric acid groups is 1. The van der Waals surface area contributed by atoms with Crippen molar-refractivity contribution in [1.82, 2.24) is 0 Å². The highest BCUT2D eigenvalue weighted by Crippen LogP contribution is 2.43. The lowest BCUT2D eigenvalue weighted by Gasteiger charge is -2.20. The highest BCUT2D eigenvalue weighted by molar-refractivity contribution is 7.47. The number of ether oxygens (including phenoxy) is 2. The van der Waals surface area contributed by atoms with Crippen LogP contribution in [0.4, 0.5) is 0 Å². The average Bonchev–Trinajstić information content (AvgIpc) is 3.14. The van der Waals surface area contributed by atoms with Crippen LogP contribution in [-0.4, -0.2) is 65.7 Å². The third-order valence-electron chi connectivity index (χ3n) is 9.10. The molecule has 312 valence electrons. The molecule has 0 rings (SSSR count). The molecule has 11 heteroatoms. The molecule has 0 spiro atoms. The SMILES string of the molecule is CCCCCCCCCCCCC/C=C\CCC(=O)OCC(COP(=O)(O)OCC(O)CO)OC(=O)CC/C=C\CCCCCCCCCCCCC. The largest absolute Gasteiger partial charge is 0.472 e. The first-order chi connectivity index (χ1) is 25.7. The second-order valence-corrected chi connectivity index (χ2v) is 15.8. The van der Waals surface area contributed by atoms with Crippen molar-refractivity contribution in [3.05, 3.63) is 24.3 Å². The van der Waals surface area contributed by atoms with E-state index in [2.05, 4.69) is 30.5 Å². The number of allylic oxidation sites excluding steroid dienone is 4. The number of aliphatic hydroxyl groups is 2. The molecule has 0 radical (unpaired) electrons. The van der Waals surface area contributed by atoms with E-state index in [0.29, 0.717) is 12.8 Å². The summed E-state index contributed by atoms with van der Waals surface area (Å²) in [7, 11) is -4.63. The van der Waals surface area contributed by atoms with Crippen LogP contribution in [0, 0.1) is 0 Å². The van der Waals surface area contributed by atoms with E-state index in [1.54, 1.807) is 0 Å². The Morgan fingerprint density at radius 2 is 0.925 bits per heavy atom. The Bertz CT molecular complexity index is 941. The first-order valence-electron chi connectivity index (χ1n) is 21.3. The van der Waals surface area contributed by atoms with Crippen LogP contribution in [0.3, 0.4) is 0 Å². The van der Waals surface area contributed by atoms with Crippen LogP contribution in [0.15, 0.2) is 24.3 Å². The lowest BCUT2D eigenvalue weighted by molar-refractivity contribution is -0.161. The fourth-order valence-corrected chi connectivity index (χ4v) is 6.58. The van der Waals surface area contributed by atoms with Crippen molar-refractivity contribution in [1.29, 1.82) is 0 Å². The van der Waals surface area contributed by atoms with Gasteiger partial charge in [-0.05, 0) is 38.5 Å². The number of aliphatic hydroxyl groups excluding tert-OH is 2. The Morgan fingerprint density at radius 1 is 0.547 bits per heavy atom. The smallest absolute Gasteiger partial charge is 0.462 e. The fourth-order valence-electron chi connectivity index (χ4n) is 5.79. The maximum absolute atomic E-state index is 12.6. The molecule has 3 N–H and O–H groups in total. The molecular formula is C42H79O10P. The van der Waals surface area contributed by atoms with Gasteiger partial charge in [0.05, 0.1) is 19.8 Å². The van der Waals surface area contributed by atoms with Crippen LogP contribution < -0.4 is 0 Å². The van der Waals surface area contributed by atoms with Gasteiger partial charge in [-0.15, -0.1) is 0 Å². The average molecular weight is 775 g/mol. The standard InChI is InChI=1S/C42H79O10P/c1-3-5-7-9-11-13-15-17-19-21-23-25-27-29-31-33-41(45)49-37-40(38-51-53(47,48)50-36-39(44)35-43)52-42(46)34-32-30-28-26-24-22-20-18-16-14-12-10-8-6-4-2/h27-30,39-40,43-44H,3-26,31-38H2,1-2H3,(H,47,48)/b29-27-,30-28-. The molecule has 0 aromatic rings. The third kappa shape index (κ3) is 38.5. The van der Waals surface area contributed by atoms with Crippen molar-refractivity contribution in [3.8, 4) is 0 Å². The number of rotatable bonds is 40. The molecule has 0 saturated heterocycles. The van der Waals surface area contributed by atoms with Crippen molar-refractivity contribution in [2.24, 2.45) is 0 Å². The summed E-state index contributed by atoms with van der Waals surface area (Å²) in [5.41, 5.74) is 0. The minimum absolute atomic E-state index is 0.0963. The van der Waals surface area contributed by atoms with E-state index in [1.165, 1.54) is 128 Å². The van der Waals surface area contributed by atoms with E-state index < -0.39 is 51.8 Å². The zero-order valence-electron chi connectivity index (χ0n) is 33.7. The molecule has 0 amide bonds. The van der Waals surface area contributed by atoms with Gasteiger partial charge in [0, 0.05) is 12.8 Å². The molecule has 0 fully saturated rings. The molecule has 0 saturated carbocycles. The van der Waals surface area contributed by atoms with Gasteiger partial charge in [-0.1, -0.05) is 167 Å². The van der Waals surface area contributed by atoms with Crippen molar-refractivity contribution in [3.63, 3.8) is 0 Å². The summed E-state index contributed by atoms with van der Waals surface area (Å²) in [5.74, 6) is -1.03. The lowest BCUT2D eigenvalue weighted by atomic mass is 10.1. The second-order valence-electron chi connectivity index (χ2n) is 14.4. The van der Waals surface area contributed by atoms with E-state index in [4.69, 9.17) is 19.1 Å². The first-order valence-corrected chi connectivity index (χ1v) is 22.8. The maximum Gasteiger partial charge on any atom is 0.472 e. The molecule has 3 atom stereocenters. The van der Waals surface area contributed by atoms with Crippen molar-refractivity contribution in [2.45, 2.75) is 206 Å².